The first-order valence-electron chi connectivity index (χ1n) is 6.35. The summed E-state index contributed by atoms with van der Waals surface area (Å²) < 4.78 is 15.6. The van der Waals surface area contributed by atoms with Crippen molar-refractivity contribution >= 4 is 11.8 Å². The normalized spacial score (nSPS) is 10.3. The number of rotatable bonds is 3. The molecule has 2 aliphatic rings. The summed E-state index contributed by atoms with van der Waals surface area (Å²) in [4.78, 5) is 11.9. The van der Waals surface area contributed by atoms with Gasteiger partial charge in [0, 0.05) is 11.3 Å². The van der Waals surface area contributed by atoms with Crippen molar-refractivity contribution in [1.82, 2.24) is 0 Å². The molecule has 0 aromatic heterocycles. The van der Waals surface area contributed by atoms with Crippen molar-refractivity contribution in [3.8, 4) is 22.8 Å². The first-order chi connectivity index (χ1) is 10.3. The molecule has 0 saturated carbocycles. The number of ether oxygens (including phenoxy) is 2. The van der Waals surface area contributed by atoms with Gasteiger partial charge in [0.25, 0.3) is 0 Å². The van der Waals surface area contributed by atoms with E-state index in [0.29, 0.717) is 17.2 Å². The summed E-state index contributed by atoms with van der Waals surface area (Å²) in [6, 6.07) is 14.2. The predicted molar refractivity (Wildman–Crippen MR) is 78.0 cm³/mol. The molecule has 0 radical (unpaired) electrons. The van der Waals surface area contributed by atoms with E-state index in [1.165, 1.54) is 6.26 Å². The minimum atomic E-state index is -0.577. The Morgan fingerprint density at radius 2 is 1.90 bits per heavy atom. The van der Waals surface area contributed by atoms with Crippen molar-refractivity contribution in [2.24, 2.45) is 0 Å². The SMILES string of the molecule is COc1ccc(NC(=O)Oc2ccc3cccoc2-3)cc1. The van der Waals surface area contributed by atoms with Crippen LogP contribution < -0.4 is 14.8 Å². The lowest BCUT2D eigenvalue weighted by Gasteiger charge is -2.07. The van der Waals surface area contributed by atoms with E-state index in [0.717, 1.165) is 11.3 Å². The summed E-state index contributed by atoms with van der Waals surface area (Å²) in [7, 11) is 1.58. The lowest BCUT2D eigenvalue weighted by molar-refractivity contribution is 0.214. The molecule has 106 valence electrons. The molecule has 5 heteroatoms. The molecule has 3 rings (SSSR count). The van der Waals surface area contributed by atoms with Crippen LogP contribution in [0.2, 0.25) is 0 Å². The van der Waals surface area contributed by atoms with E-state index in [9.17, 15) is 4.79 Å². The van der Waals surface area contributed by atoms with Crippen LogP contribution in [0.4, 0.5) is 10.5 Å². The van der Waals surface area contributed by atoms with Gasteiger partial charge in [-0.15, -0.1) is 0 Å². The second-order valence-corrected chi connectivity index (χ2v) is 4.34. The molecule has 1 aliphatic heterocycles. The van der Waals surface area contributed by atoms with E-state index >= 15 is 0 Å². The maximum atomic E-state index is 11.9. The number of nitrogens with one attached hydrogen (secondary N) is 1. The van der Waals surface area contributed by atoms with E-state index in [1.807, 2.05) is 12.1 Å². The highest BCUT2D eigenvalue weighted by molar-refractivity contribution is 5.87. The standard InChI is InChI=1S/C16H13NO4/c1-19-13-7-5-12(6-8-13)17-16(18)21-14-9-4-11-3-2-10-20-15(11)14/h2-10H,1H3,(H,17,18). The summed E-state index contributed by atoms with van der Waals surface area (Å²) >= 11 is 0. The summed E-state index contributed by atoms with van der Waals surface area (Å²) in [6.07, 6.45) is 0.961. The fraction of sp³-hybridized carbons (Fsp3) is 0.0625. The molecule has 21 heavy (non-hydrogen) atoms. The maximum Gasteiger partial charge on any atom is 0.417 e. The van der Waals surface area contributed by atoms with Gasteiger partial charge in [0.05, 0.1) is 13.4 Å². The highest BCUT2D eigenvalue weighted by Crippen LogP contribution is 2.33. The van der Waals surface area contributed by atoms with Gasteiger partial charge in [-0.05, 0) is 48.5 Å². The van der Waals surface area contributed by atoms with Crippen LogP contribution in [0.15, 0.2) is 59.2 Å². The van der Waals surface area contributed by atoms with Gasteiger partial charge in [-0.1, -0.05) is 0 Å². The number of hydrogen-bond acceptors (Lipinski definition) is 4. The van der Waals surface area contributed by atoms with Crippen molar-refractivity contribution in [1.29, 1.82) is 0 Å². The molecule has 0 saturated heterocycles. The Kier molecular flexibility index (Phi) is 3.47. The maximum absolute atomic E-state index is 11.9. The summed E-state index contributed by atoms with van der Waals surface area (Å²) in [6.45, 7) is 0. The average molecular weight is 283 g/mol. The Bertz CT molecular complexity index is 717. The van der Waals surface area contributed by atoms with Crippen molar-refractivity contribution in [3.63, 3.8) is 0 Å². The molecular weight excluding hydrogens is 270 g/mol. The van der Waals surface area contributed by atoms with Gasteiger partial charge in [0.2, 0.25) is 0 Å². The van der Waals surface area contributed by atoms with Crippen LogP contribution in [0.3, 0.4) is 0 Å². The van der Waals surface area contributed by atoms with Gasteiger partial charge >= 0.3 is 6.09 Å². The minimum absolute atomic E-state index is 0.386. The van der Waals surface area contributed by atoms with Gasteiger partial charge in [-0.25, -0.2) is 4.79 Å². The molecule has 0 unspecified atom stereocenters. The van der Waals surface area contributed by atoms with Crippen LogP contribution in [0, 0.1) is 0 Å². The number of fused-ring (bicyclic) bond motifs is 1. The highest BCUT2D eigenvalue weighted by atomic mass is 16.6. The van der Waals surface area contributed by atoms with Gasteiger partial charge in [-0.2, -0.15) is 0 Å². The predicted octanol–water partition coefficient (Wildman–Crippen LogP) is 4.00. The first-order valence-corrected chi connectivity index (χ1v) is 6.35. The number of amides is 1. The topological polar surface area (TPSA) is 60.7 Å². The zero-order chi connectivity index (χ0) is 14.7. The number of methoxy groups -OCH3 is 1. The van der Waals surface area contributed by atoms with Crippen LogP contribution in [0.25, 0.3) is 11.3 Å². The number of carbonyl (C=O) groups excluding carboxylic acids is 1. The Labute approximate surface area is 121 Å². The second-order valence-electron chi connectivity index (χ2n) is 4.34. The molecule has 1 amide bonds. The zero-order valence-corrected chi connectivity index (χ0v) is 11.3. The molecule has 1 heterocycles. The Hall–Kier alpha value is -2.95. The van der Waals surface area contributed by atoms with Gasteiger partial charge in [0.15, 0.2) is 11.5 Å². The molecule has 0 spiro atoms. The average Bonchev–Trinajstić information content (AvgIpc) is 2.91. The summed E-state index contributed by atoms with van der Waals surface area (Å²) in [5.74, 6) is 1.65. The Morgan fingerprint density at radius 1 is 1.10 bits per heavy atom. The second kappa shape index (κ2) is 5.58. The third-order valence-electron chi connectivity index (χ3n) is 2.98. The molecule has 1 N–H and O–H groups in total. The number of anilines is 1. The van der Waals surface area contributed by atoms with Gasteiger partial charge in [0.1, 0.15) is 5.75 Å². The molecule has 1 aromatic carbocycles. The van der Waals surface area contributed by atoms with Crippen LogP contribution in [0.5, 0.6) is 11.5 Å². The monoisotopic (exact) mass is 283 g/mol. The Morgan fingerprint density at radius 3 is 2.67 bits per heavy atom. The van der Waals surface area contributed by atoms with Crippen molar-refractivity contribution in [2.45, 2.75) is 0 Å². The molecule has 0 bridgehead atoms. The third kappa shape index (κ3) is 2.81. The Balaban J connectivity index is 1.69. The lowest BCUT2D eigenvalue weighted by atomic mass is 10.2. The molecular formula is C16H13NO4. The van der Waals surface area contributed by atoms with Crippen LogP contribution in [-0.2, 0) is 0 Å². The lowest BCUT2D eigenvalue weighted by Crippen LogP contribution is -2.16. The fourth-order valence-corrected chi connectivity index (χ4v) is 1.96. The van der Waals surface area contributed by atoms with Crippen molar-refractivity contribution in [3.05, 3.63) is 54.8 Å². The number of carbonyl (C=O) groups is 1. The van der Waals surface area contributed by atoms with Crippen LogP contribution >= 0.6 is 0 Å². The van der Waals surface area contributed by atoms with Gasteiger partial charge in [-0.3, -0.25) is 5.32 Å². The summed E-state index contributed by atoms with van der Waals surface area (Å²) in [5.41, 5.74) is 1.50. The molecule has 0 atom stereocenters. The fourth-order valence-electron chi connectivity index (χ4n) is 1.96. The summed E-state index contributed by atoms with van der Waals surface area (Å²) in [5, 5.41) is 2.64. The van der Waals surface area contributed by atoms with E-state index in [-0.39, 0.29) is 0 Å². The van der Waals surface area contributed by atoms with Gasteiger partial charge < -0.3 is 13.9 Å². The van der Waals surface area contributed by atoms with Crippen molar-refractivity contribution < 1.29 is 18.7 Å². The van der Waals surface area contributed by atoms with E-state index < -0.39 is 6.09 Å². The van der Waals surface area contributed by atoms with Crippen LogP contribution in [-0.4, -0.2) is 13.2 Å². The number of benzene rings is 1. The van der Waals surface area contributed by atoms with Crippen molar-refractivity contribution in [2.75, 3.05) is 12.4 Å². The molecule has 1 aromatic rings. The highest BCUT2D eigenvalue weighted by Gasteiger charge is 2.15. The third-order valence-corrected chi connectivity index (χ3v) is 2.98. The van der Waals surface area contributed by atoms with Crippen LogP contribution in [0.1, 0.15) is 0 Å². The zero-order valence-electron chi connectivity index (χ0n) is 11.3. The van der Waals surface area contributed by atoms with E-state index in [1.54, 1.807) is 43.5 Å². The smallest absolute Gasteiger partial charge is 0.417 e. The van der Waals surface area contributed by atoms with E-state index in [4.69, 9.17) is 13.9 Å². The van der Waals surface area contributed by atoms with E-state index in [2.05, 4.69) is 5.32 Å². The molecule has 0 fully saturated rings. The number of hydrogen-bond donors (Lipinski definition) is 1. The quantitative estimate of drug-likeness (QED) is 0.789. The molecule has 1 aliphatic carbocycles. The largest absolute Gasteiger partial charge is 0.497 e. The minimum Gasteiger partial charge on any atom is -0.497 e. The first kappa shape index (κ1) is 13.1. The molecule has 5 nitrogen and oxygen atoms in total.